The number of hydrogen-bond acceptors (Lipinski definition) is 3. The minimum atomic E-state index is -3.37. The van der Waals surface area contributed by atoms with Crippen LogP contribution in [0.15, 0.2) is 0 Å². The Morgan fingerprint density at radius 2 is 1.76 bits per heavy atom. The predicted molar refractivity (Wildman–Crippen MR) is 84.1 cm³/mol. The molecule has 0 amide bonds. The van der Waals surface area contributed by atoms with E-state index in [1.54, 1.807) is 4.31 Å². The van der Waals surface area contributed by atoms with Crippen LogP contribution in [0, 0.1) is 11.8 Å². The normalized spacial score (nSPS) is 25.0. The van der Waals surface area contributed by atoms with Crippen LogP contribution in [-0.2, 0) is 10.2 Å². The fourth-order valence-electron chi connectivity index (χ4n) is 3.65. The van der Waals surface area contributed by atoms with Crippen molar-refractivity contribution < 1.29 is 13.5 Å². The highest BCUT2D eigenvalue weighted by Crippen LogP contribution is 2.28. The van der Waals surface area contributed by atoms with Gasteiger partial charge in [0.25, 0.3) is 10.2 Å². The second-order valence-electron chi connectivity index (χ2n) is 6.56. The smallest absolute Gasteiger partial charge is 0.279 e. The number of rotatable bonds is 6. The first-order chi connectivity index (χ1) is 10.1. The van der Waals surface area contributed by atoms with E-state index in [1.807, 2.05) is 0 Å². The molecule has 0 bridgehead atoms. The lowest BCUT2D eigenvalue weighted by Gasteiger charge is -2.34. The summed E-state index contributed by atoms with van der Waals surface area (Å²) in [6.45, 7) is 3.30. The predicted octanol–water partition coefficient (Wildman–Crippen LogP) is 1.88. The number of aliphatic hydroxyl groups is 1. The Kier molecular flexibility index (Phi) is 6.47. The summed E-state index contributed by atoms with van der Waals surface area (Å²) in [6, 6.07) is 0.0749. The molecule has 1 aliphatic carbocycles. The molecule has 5 nitrogen and oxygen atoms in total. The number of piperidine rings is 1. The largest absolute Gasteiger partial charge is 0.396 e. The van der Waals surface area contributed by atoms with Gasteiger partial charge < -0.3 is 5.11 Å². The molecule has 2 fully saturated rings. The average Bonchev–Trinajstić information content (AvgIpc) is 2.53. The molecule has 2 aliphatic rings. The van der Waals surface area contributed by atoms with Crippen LogP contribution in [0.5, 0.6) is 0 Å². The summed E-state index contributed by atoms with van der Waals surface area (Å²) < 4.78 is 29.6. The highest BCUT2D eigenvalue weighted by molar-refractivity contribution is 7.87. The van der Waals surface area contributed by atoms with Gasteiger partial charge in [0.1, 0.15) is 0 Å². The summed E-state index contributed by atoms with van der Waals surface area (Å²) in [5.74, 6) is 0.755. The third-order valence-corrected chi connectivity index (χ3v) is 6.78. The highest BCUT2D eigenvalue weighted by atomic mass is 32.2. The number of hydrogen-bond donors (Lipinski definition) is 2. The molecule has 0 aromatic heterocycles. The van der Waals surface area contributed by atoms with Gasteiger partial charge >= 0.3 is 0 Å². The van der Waals surface area contributed by atoms with E-state index in [0.29, 0.717) is 19.0 Å². The lowest BCUT2D eigenvalue weighted by molar-refractivity contribution is 0.168. The Morgan fingerprint density at radius 1 is 1.14 bits per heavy atom. The molecule has 1 saturated carbocycles. The Hall–Kier alpha value is -0.170. The Labute approximate surface area is 129 Å². The van der Waals surface area contributed by atoms with Gasteiger partial charge in [-0.3, -0.25) is 0 Å². The lowest BCUT2D eigenvalue weighted by atomic mass is 9.83. The highest BCUT2D eigenvalue weighted by Gasteiger charge is 2.32. The molecule has 0 radical (unpaired) electrons. The van der Waals surface area contributed by atoms with Crippen LogP contribution in [0.3, 0.4) is 0 Å². The molecule has 21 heavy (non-hydrogen) atoms. The topological polar surface area (TPSA) is 69.6 Å². The minimum Gasteiger partial charge on any atom is -0.396 e. The molecule has 0 aromatic carbocycles. The third kappa shape index (κ3) is 4.65. The molecule has 6 heteroatoms. The zero-order chi connectivity index (χ0) is 15.3. The van der Waals surface area contributed by atoms with Gasteiger partial charge in [-0.15, -0.1) is 0 Å². The second kappa shape index (κ2) is 7.90. The molecule has 2 N–H and O–H groups in total. The van der Waals surface area contributed by atoms with Crippen molar-refractivity contribution in [3.05, 3.63) is 0 Å². The molecule has 1 heterocycles. The van der Waals surface area contributed by atoms with E-state index in [9.17, 15) is 8.42 Å². The molecule has 1 atom stereocenters. The van der Waals surface area contributed by atoms with Crippen molar-refractivity contribution in [3.8, 4) is 0 Å². The van der Waals surface area contributed by atoms with Crippen LogP contribution in [0.1, 0.15) is 58.3 Å². The van der Waals surface area contributed by atoms with Gasteiger partial charge in [-0.05, 0) is 43.9 Å². The SMILES string of the molecule is CCC(NS(=O)(=O)N1CCC(CO)CC1)C1CCCCC1. The summed E-state index contributed by atoms with van der Waals surface area (Å²) in [7, 11) is -3.37. The van der Waals surface area contributed by atoms with Crippen molar-refractivity contribution >= 4 is 10.2 Å². The summed E-state index contributed by atoms with van der Waals surface area (Å²) in [6.07, 6.45) is 8.41. The van der Waals surface area contributed by atoms with Gasteiger partial charge in [-0.25, -0.2) is 0 Å². The molecule has 124 valence electrons. The van der Waals surface area contributed by atoms with E-state index >= 15 is 0 Å². The maximum atomic E-state index is 12.5. The quantitative estimate of drug-likeness (QED) is 0.785. The van der Waals surface area contributed by atoms with Crippen molar-refractivity contribution in [2.24, 2.45) is 11.8 Å². The zero-order valence-electron chi connectivity index (χ0n) is 13.1. The van der Waals surface area contributed by atoms with Crippen molar-refractivity contribution in [2.75, 3.05) is 19.7 Å². The van der Waals surface area contributed by atoms with Crippen LogP contribution in [0.4, 0.5) is 0 Å². The number of nitrogens with one attached hydrogen (secondary N) is 1. The van der Waals surface area contributed by atoms with Gasteiger partial charge in [-0.1, -0.05) is 26.2 Å². The summed E-state index contributed by atoms with van der Waals surface area (Å²) in [5.41, 5.74) is 0. The molecule has 0 aromatic rings. The molecule has 0 spiro atoms. The van der Waals surface area contributed by atoms with E-state index in [2.05, 4.69) is 11.6 Å². The van der Waals surface area contributed by atoms with E-state index in [-0.39, 0.29) is 18.6 Å². The number of nitrogens with zero attached hydrogens (tertiary/aromatic N) is 1. The minimum absolute atomic E-state index is 0.0749. The van der Waals surface area contributed by atoms with Crippen LogP contribution in [0.25, 0.3) is 0 Å². The third-order valence-electron chi connectivity index (χ3n) is 5.13. The van der Waals surface area contributed by atoms with Gasteiger partial charge in [0.2, 0.25) is 0 Å². The average molecular weight is 318 g/mol. The molecular formula is C15H30N2O3S. The van der Waals surface area contributed by atoms with Crippen LogP contribution < -0.4 is 4.72 Å². The fourth-order valence-corrected chi connectivity index (χ4v) is 5.23. The summed E-state index contributed by atoms with van der Waals surface area (Å²) in [4.78, 5) is 0. The summed E-state index contributed by atoms with van der Waals surface area (Å²) in [5, 5.41) is 9.15. The van der Waals surface area contributed by atoms with Crippen LogP contribution >= 0.6 is 0 Å². The van der Waals surface area contributed by atoms with Crippen molar-refractivity contribution in [1.29, 1.82) is 0 Å². The molecule has 1 aliphatic heterocycles. The fraction of sp³-hybridized carbons (Fsp3) is 1.00. The first-order valence-electron chi connectivity index (χ1n) is 8.45. The summed E-state index contributed by atoms with van der Waals surface area (Å²) >= 11 is 0. The zero-order valence-corrected chi connectivity index (χ0v) is 13.9. The Bertz CT molecular complexity index is 399. The lowest BCUT2D eigenvalue weighted by Crippen LogP contribution is -2.50. The van der Waals surface area contributed by atoms with E-state index in [1.165, 1.54) is 19.3 Å². The van der Waals surface area contributed by atoms with E-state index in [4.69, 9.17) is 5.11 Å². The first kappa shape index (κ1) is 17.2. The number of aliphatic hydroxyl groups excluding tert-OH is 1. The van der Waals surface area contributed by atoms with Gasteiger partial charge in [-0.2, -0.15) is 17.4 Å². The van der Waals surface area contributed by atoms with Crippen molar-refractivity contribution in [3.63, 3.8) is 0 Å². The van der Waals surface area contributed by atoms with E-state index < -0.39 is 10.2 Å². The van der Waals surface area contributed by atoms with Crippen molar-refractivity contribution in [1.82, 2.24) is 9.03 Å². The van der Waals surface area contributed by atoms with Crippen LogP contribution in [0.2, 0.25) is 0 Å². The van der Waals surface area contributed by atoms with Crippen LogP contribution in [-0.4, -0.2) is 43.6 Å². The molecule has 1 unspecified atom stereocenters. The van der Waals surface area contributed by atoms with Gasteiger partial charge in [0.05, 0.1) is 0 Å². The standard InChI is InChI=1S/C15H30N2O3S/c1-2-15(14-6-4-3-5-7-14)16-21(19,20)17-10-8-13(12-18)9-11-17/h13-16,18H,2-12H2,1H3. The Balaban J connectivity index is 1.92. The van der Waals surface area contributed by atoms with Gasteiger partial charge in [0.15, 0.2) is 0 Å². The molecule has 2 rings (SSSR count). The second-order valence-corrected chi connectivity index (χ2v) is 8.26. The van der Waals surface area contributed by atoms with Gasteiger partial charge in [0, 0.05) is 25.7 Å². The Morgan fingerprint density at radius 3 is 2.29 bits per heavy atom. The maximum absolute atomic E-state index is 12.5. The van der Waals surface area contributed by atoms with E-state index in [0.717, 1.165) is 32.1 Å². The maximum Gasteiger partial charge on any atom is 0.279 e. The monoisotopic (exact) mass is 318 g/mol. The molecular weight excluding hydrogens is 288 g/mol. The first-order valence-corrected chi connectivity index (χ1v) is 9.89. The van der Waals surface area contributed by atoms with Crippen molar-refractivity contribution in [2.45, 2.75) is 64.3 Å². The molecule has 1 saturated heterocycles.